The molecule has 1 fully saturated rings. The molecular formula is C18H28N4O2. The Morgan fingerprint density at radius 2 is 1.96 bits per heavy atom. The third kappa shape index (κ3) is 5.23. The Hall–Kier alpha value is -2.08. The van der Waals surface area contributed by atoms with E-state index in [0.29, 0.717) is 13.1 Å². The van der Waals surface area contributed by atoms with Crippen LogP contribution >= 0.6 is 0 Å². The van der Waals surface area contributed by atoms with E-state index in [4.69, 9.17) is 5.73 Å². The van der Waals surface area contributed by atoms with Crippen molar-refractivity contribution >= 4 is 17.6 Å². The summed E-state index contributed by atoms with van der Waals surface area (Å²) in [6.45, 7) is 7.39. The molecule has 1 aromatic carbocycles. The van der Waals surface area contributed by atoms with E-state index in [0.717, 1.165) is 30.6 Å². The maximum atomic E-state index is 12.3. The van der Waals surface area contributed by atoms with Gasteiger partial charge in [0.15, 0.2) is 0 Å². The Labute approximate surface area is 143 Å². The lowest BCUT2D eigenvalue weighted by Gasteiger charge is -2.36. The molecule has 6 heteroatoms. The molecule has 0 bridgehead atoms. The fraction of sp³-hybridized carbons (Fsp3) is 0.556. The van der Waals surface area contributed by atoms with Crippen LogP contribution in [0.4, 0.5) is 10.5 Å². The highest BCUT2D eigenvalue weighted by atomic mass is 16.2. The highest BCUT2D eigenvalue weighted by Gasteiger charge is 2.31. The molecule has 0 radical (unpaired) electrons. The minimum atomic E-state index is -0.849. The third-order valence-electron chi connectivity index (χ3n) is 4.22. The van der Waals surface area contributed by atoms with Crippen LogP contribution in [0.3, 0.4) is 0 Å². The van der Waals surface area contributed by atoms with E-state index in [9.17, 15) is 9.59 Å². The second-order valence-corrected chi connectivity index (χ2v) is 7.18. The number of piperidine rings is 1. The zero-order chi connectivity index (χ0) is 17.7. The second-order valence-electron chi connectivity index (χ2n) is 7.18. The quantitative estimate of drug-likeness (QED) is 0.789. The molecule has 1 aliphatic heterocycles. The predicted molar refractivity (Wildman–Crippen MR) is 95.8 cm³/mol. The monoisotopic (exact) mass is 332 g/mol. The summed E-state index contributed by atoms with van der Waals surface area (Å²) in [5, 5.41) is 5.71. The molecule has 24 heavy (non-hydrogen) atoms. The molecule has 1 saturated heterocycles. The molecule has 0 aromatic heterocycles. The van der Waals surface area contributed by atoms with Crippen molar-refractivity contribution in [3.8, 4) is 0 Å². The van der Waals surface area contributed by atoms with Gasteiger partial charge in [-0.15, -0.1) is 0 Å². The molecule has 1 atom stereocenters. The van der Waals surface area contributed by atoms with Crippen molar-refractivity contribution in [3.05, 3.63) is 29.8 Å². The van der Waals surface area contributed by atoms with Crippen molar-refractivity contribution in [1.29, 1.82) is 0 Å². The van der Waals surface area contributed by atoms with E-state index in [1.54, 1.807) is 13.8 Å². The van der Waals surface area contributed by atoms with Crippen LogP contribution in [0.25, 0.3) is 0 Å². The summed E-state index contributed by atoms with van der Waals surface area (Å²) in [5.41, 5.74) is 6.97. The maximum Gasteiger partial charge on any atom is 0.319 e. The molecule has 1 unspecified atom stereocenters. The van der Waals surface area contributed by atoms with Crippen LogP contribution in [0, 0.1) is 12.8 Å². The SMILES string of the molecule is Cc1ccc(NC(=O)NCC2CCCN(C(=O)C(C)(C)N)C2)cc1. The molecule has 2 rings (SSSR count). The Bertz CT molecular complexity index is 578. The van der Waals surface area contributed by atoms with E-state index in [1.807, 2.05) is 36.1 Å². The van der Waals surface area contributed by atoms with Crippen molar-refractivity contribution in [2.45, 2.75) is 39.2 Å². The summed E-state index contributed by atoms with van der Waals surface area (Å²) in [7, 11) is 0. The number of anilines is 1. The Balaban J connectivity index is 1.80. The number of carbonyl (C=O) groups is 2. The number of benzene rings is 1. The summed E-state index contributed by atoms with van der Waals surface area (Å²) in [6, 6.07) is 7.43. The molecular weight excluding hydrogens is 304 g/mol. The summed E-state index contributed by atoms with van der Waals surface area (Å²) < 4.78 is 0. The fourth-order valence-corrected chi connectivity index (χ4v) is 2.87. The standard InChI is InChI=1S/C18H28N4O2/c1-13-6-8-15(9-7-13)21-17(24)20-11-14-5-4-10-22(12-14)16(23)18(2,3)19/h6-9,14H,4-5,10-12,19H2,1-3H3,(H2,20,21,24). The summed E-state index contributed by atoms with van der Waals surface area (Å²) in [4.78, 5) is 26.1. The van der Waals surface area contributed by atoms with Crippen LogP contribution in [0.15, 0.2) is 24.3 Å². The van der Waals surface area contributed by atoms with Crippen molar-refractivity contribution in [2.24, 2.45) is 11.7 Å². The van der Waals surface area contributed by atoms with Gasteiger partial charge >= 0.3 is 6.03 Å². The molecule has 0 aliphatic carbocycles. The number of amides is 3. The lowest BCUT2D eigenvalue weighted by Crippen LogP contribution is -2.54. The number of nitrogens with two attached hydrogens (primary N) is 1. The average molecular weight is 332 g/mol. The predicted octanol–water partition coefficient (Wildman–Crippen LogP) is 2.09. The van der Waals surface area contributed by atoms with Crippen LogP contribution in [0.1, 0.15) is 32.3 Å². The van der Waals surface area contributed by atoms with Gasteiger partial charge in [-0.05, 0) is 51.7 Å². The maximum absolute atomic E-state index is 12.3. The van der Waals surface area contributed by atoms with Gasteiger partial charge in [-0.2, -0.15) is 0 Å². The van der Waals surface area contributed by atoms with Crippen molar-refractivity contribution in [1.82, 2.24) is 10.2 Å². The lowest BCUT2D eigenvalue weighted by molar-refractivity contribution is -0.137. The second kappa shape index (κ2) is 7.66. The van der Waals surface area contributed by atoms with Crippen molar-refractivity contribution < 1.29 is 9.59 Å². The minimum Gasteiger partial charge on any atom is -0.341 e. The first kappa shape index (κ1) is 18.3. The largest absolute Gasteiger partial charge is 0.341 e. The molecule has 1 aromatic rings. The van der Waals surface area contributed by atoms with Gasteiger partial charge in [0.2, 0.25) is 5.91 Å². The highest BCUT2D eigenvalue weighted by Crippen LogP contribution is 2.18. The Kier molecular flexibility index (Phi) is 5.83. The number of likely N-dealkylation sites (tertiary alicyclic amines) is 1. The Morgan fingerprint density at radius 3 is 2.58 bits per heavy atom. The number of hydrogen-bond donors (Lipinski definition) is 3. The minimum absolute atomic E-state index is 0.0312. The van der Waals surface area contributed by atoms with Crippen LogP contribution in [0.2, 0.25) is 0 Å². The fourth-order valence-electron chi connectivity index (χ4n) is 2.87. The zero-order valence-electron chi connectivity index (χ0n) is 14.8. The number of hydrogen-bond acceptors (Lipinski definition) is 3. The van der Waals surface area contributed by atoms with Gasteiger partial charge in [0.1, 0.15) is 0 Å². The van der Waals surface area contributed by atoms with Crippen LogP contribution in [-0.4, -0.2) is 42.0 Å². The van der Waals surface area contributed by atoms with Crippen LogP contribution in [0.5, 0.6) is 0 Å². The van der Waals surface area contributed by atoms with Gasteiger partial charge in [0.05, 0.1) is 5.54 Å². The molecule has 0 spiro atoms. The highest BCUT2D eigenvalue weighted by molar-refractivity contribution is 5.89. The van der Waals surface area contributed by atoms with Crippen LogP contribution in [-0.2, 0) is 4.79 Å². The summed E-state index contributed by atoms with van der Waals surface area (Å²) in [6.07, 6.45) is 1.94. The van der Waals surface area contributed by atoms with E-state index in [-0.39, 0.29) is 17.9 Å². The number of urea groups is 1. The summed E-state index contributed by atoms with van der Waals surface area (Å²) in [5.74, 6) is 0.227. The van der Waals surface area contributed by atoms with Gasteiger partial charge in [-0.3, -0.25) is 4.79 Å². The smallest absolute Gasteiger partial charge is 0.319 e. The average Bonchev–Trinajstić information content (AvgIpc) is 2.54. The van der Waals surface area contributed by atoms with Crippen molar-refractivity contribution in [3.63, 3.8) is 0 Å². The molecule has 3 amide bonds. The van der Waals surface area contributed by atoms with E-state index >= 15 is 0 Å². The first-order valence-electron chi connectivity index (χ1n) is 8.45. The normalized spacial score (nSPS) is 18.2. The number of nitrogens with zero attached hydrogens (tertiary/aromatic N) is 1. The number of nitrogens with one attached hydrogen (secondary N) is 2. The van der Waals surface area contributed by atoms with Gasteiger partial charge < -0.3 is 21.3 Å². The lowest BCUT2D eigenvalue weighted by atomic mass is 9.95. The molecule has 1 aliphatic rings. The topological polar surface area (TPSA) is 87.5 Å². The first-order valence-corrected chi connectivity index (χ1v) is 8.45. The number of aryl methyl sites for hydroxylation is 1. The van der Waals surface area contributed by atoms with E-state index in [2.05, 4.69) is 10.6 Å². The molecule has 6 nitrogen and oxygen atoms in total. The van der Waals surface area contributed by atoms with Gasteiger partial charge in [-0.1, -0.05) is 17.7 Å². The van der Waals surface area contributed by atoms with E-state index in [1.165, 1.54) is 0 Å². The van der Waals surface area contributed by atoms with Gasteiger partial charge in [0.25, 0.3) is 0 Å². The first-order chi connectivity index (χ1) is 11.3. The molecule has 132 valence electrons. The molecule has 0 saturated carbocycles. The zero-order valence-corrected chi connectivity index (χ0v) is 14.8. The van der Waals surface area contributed by atoms with Crippen LogP contribution < -0.4 is 16.4 Å². The molecule has 1 heterocycles. The van der Waals surface area contributed by atoms with Gasteiger partial charge in [0, 0.05) is 25.3 Å². The van der Waals surface area contributed by atoms with E-state index < -0.39 is 5.54 Å². The number of rotatable bonds is 4. The van der Waals surface area contributed by atoms with Crippen molar-refractivity contribution in [2.75, 3.05) is 25.0 Å². The summed E-state index contributed by atoms with van der Waals surface area (Å²) >= 11 is 0. The Morgan fingerprint density at radius 1 is 1.29 bits per heavy atom. The molecule has 4 N–H and O–H groups in total. The van der Waals surface area contributed by atoms with Gasteiger partial charge in [-0.25, -0.2) is 4.79 Å². The third-order valence-corrected chi connectivity index (χ3v) is 4.22. The number of carbonyl (C=O) groups excluding carboxylic acids is 2.